The molecule has 0 radical (unpaired) electrons. The lowest BCUT2D eigenvalue weighted by Gasteiger charge is -2.30. The Hall–Kier alpha value is -6.76. The molecule has 0 spiro atoms. The molecule has 0 saturated carbocycles. The fourth-order valence-corrected chi connectivity index (χ4v) is 7.37. The molecule has 8 rings (SSSR count). The van der Waals surface area contributed by atoms with Crippen molar-refractivity contribution in [2.45, 2.75) is 19.3 Å². The largest absolute Gasteiger partial charge is 0.310 e. The Balaban J connectivity index is 1.34. The van der Waals surface area contributed by atoms with Crippen molar-refractivity contribution in [1.29, 1.82) is 10.5 Å². The monoisotopic (exact) mass is 664 g/mol. The van der Waals surface area contributed by atoms with Gasteiger partial charge in [-0.25, -0.2) is 8.78 Å². The van der Waals surface area contributed by atoms with Gasteiger partial charge in [0.25, 0.3) is 0 Å². The average molecular weight is 665 g/mol. The third kappa shape index (κ3) is 5.17. The summed E-state index contributed by atoms with van der Waals surface area (Å²) in [4.78, 5) is 4.05. The summed E-state index contributed by atoms with van der Waals surface area (Å²) in [5, 5.41) is 20.9. The van der Waals surface area contributed by atoms with Crippen LogP contribution in [-0.2, 0) is 5.41 Å². The zero-order chi connectivity index (χ0) is 35.3. The molecule has 7 aromatic carbocycles. The second-order valence-electron chi connectivity index (χ2n) is 13.1. The van der Waals surface area contributed by atoms with E-state index >= 15 is 8.78 Å². The number of rotatable bonds is 6. The quantitative estimate of drug-likeness (QED) is 0.178. The summed E-state index contributed by atoms with van der Waals surface area (Å²) < 4.78 is 30.2. The summed E-state index contributed by atoms with van der Waals surface area (Å²) in [6, 6.07) is 49.8. The fraction of sp³-hybridized carbons (Fsp3) is 0.0667. The molecule has 0 aromatic heterocycles. The Morgan fingerprint density at radius 3 is 1.55 bits per heavy atom. The van der Waals surface area contributed by atoms with E-state index in [1.165, 1.54) is 24.3 Å². The number of halogens is 2. The molecule has 244 valence electrons. The number of fused-ring (bicyclic) bond motifs is 5. The van der Waals surface area contributed by atoms with Crippen LogP contribution in [-0.4, -0.2) is 0 Å². The highest BCUT2D eigenvalue weighted by atomic mass is 19.1. The van der Waals surface area contributed by atoms with Crippen LogP contribution in [0.3, 0.4) is 0 Å². The lowest BCUT2D eigenvalue weighted by atomic mass is 9.81. The molecule has 0 atom stereocenters. The minimum absolute atomic E-state index is 0.00623. The standard InChI is InChI=1S/C45H30F2N4/c1-45(2)39-23-33(50(31-11-5-3-6-12-31)34-19-17-29(27-48)41(46)24-34)21-22-38(39)44-37-16-10-9-15-36(37)43(26-40(44)45)51(32-13-7-4-8-14-32)35-20-18-30(28-49)42(47)25-35/h3-26H,1-2H3. The maximum absolute atomic E-state index is 15.2. The van der Waals surface area contributed by atoms with Crippen LogP contribution in [0.15, 0.2) is 146 Å². The molecule has 1 aliphatic carbocycles. The minimum Gasteiger partial charge on any atom is -0.310 e. The third-order valence-corrected chi connectivity index (χ3v) is 9.83. The number of hydrogen-bond donors (Lipinski definition) is 0. The van der Waals surface area contributed by atoms with Crippen molar-refractivity contribution in [2.75, 3.05) is 9.80 Å². The van der Waals surface area contributed by atoms with Gasteiger partial charge in [0.05, 0.1) is 16.8 Å². The molecular formula is C45H30F2N4. The molecule has 7 aromatic rings. The normalized spacial score (nSPS) is 12.4. The molecule has 0 amide bonds. The van der Waals surface area contributed by atoms with Crippen LogP contribution in [0, 0.1) is 34.3 Å². The van der Waals surface area contributed by atoms with Crippen LogP contribution in [0.5, 0.6) is 0 Å². The lowest BCUT2D eigenvalue weighted by molar-refractivity contribution is 0.623. The van der Waals surface area contributed by atoms with Crippen LogP contribution in [0.2, 0.25) is 0 Å². The van der Waals surface area contributed by atoms with E-state index in [1.54, 1.807) is 12.1 Å². The first-order valence-corrected chi connectivity index (χ1v) is 16.6. The van der Waals surface area contributed by atoms with E-state index in [0.29, 0.717) is 11.4 Å². The van der Waals surface area contributed by atoms with Crippen molar-refractivity contribution in [3.8, 4) is 23.3 Å². The van der Waals surface area contributed by atoms with Gasteiger partial charge >= 0.3 is 0 Å². The van der Waals surface area contributed by atoms with Gasteiger partial charge in [-0.2, -0.15) is 10.5 Å². The molecular weight excluding hydrogens is 635 g/mol. The minimum atomic E-state index is -0.577. The van der Waals surface area contributed by atoms with Gasteiger partial charge in [0.15, 0.2) is 0 Å². The smallest absolute Gasteiger partial charge is 0.143 e. The van der Waals surface area contributed by atoms with Gasteiger partial charge < -0.3 is 9.80 Å². The summed E-state index contributed by atoms with van der Waals surface area (Å²) in [6.45, 7) is 4.42. The maximum atomic E-state index is 15.2. The second-order valence-corrected chi connectivity index (χ2v) is 13.1. The molecule has 1 aliphatic rings. The predicted molar refractivity (Wildman–Crippen MR) is 200 cm³/mol. The van der Waals surface area contributed by atoms with Gasteiger partial charge in [-0.15, -0.1) is 0 Å². The van der Waals surface area contributed by atoms with E-state index < -0.39 is 17.0 Å². The third-order valence-electron chi connectivity index (χ3n) is 9.83. The molecule has 0 aliphatic heterocycles. The van der Waals surface area contributed by atoms with Crippen LogP contribution in [0.4, 0.5) is 42.9 Å². The molecule has 0 heterocycles. The zero-order valence-corrected chi connectivity index (χ0v) is 27.9. The van der Waals surface area contributed by atoms with Gasteiger partial charge in [0.2, 0.25) is 0 Å². The van der Waals surface area contributed by atoms with Crippen molar-refractivity contribution in [3.63, 3.8) is 0 Å². The summed E-state index contributed by atoms with van der Waals surface area (Å²) in [7, 11) is 0. The highest BCUT2D eigenvalue weighted by Crippen LogP contribution is 2.55. The van der Waals surface area contributed by atoms with E-state index in [2.05, 4.69) is 50.2 Å². The Labute approximate surface area is 295 Å². The Morgan fingerprint density at radius 1 is 0.490 bits per heavy atom. The Bertz CT molecular complexity index is 2570. The van der Waals surface area contributed by atoms with Gasteiger partial charge in [-0.3, -0.25) is 0 Å². The van der Waals surface area contributed by atoms with Crippen molar-refractivity contribution >= 4 is 44.9 Å². The summed E-state index contributed by atoms with van der Waals surface area (Å²) >= 11 is 0. The van der Waals surface area contributed by atoms with Crippen molar-refractivity contribution in [2.24, 2.45) is 0 Å². The fourth-order valence-electron chi connectivity index (χ4n) is 7.37. The van der Waals surface area contributed by atoms with E-state index in [4.69, 9.17) is 0 Å². The van der Waals surface area contributed by atoms with E-state index in [-0.39, 0.29) is 11.1 Å². The molecule has 0 saturated heterocycles. The van der Waals surface area contributed by atoms with Crippen molar-refractivity contribution in [1.82, 2.24) is 0 Å². The van der Waals surface area contributed by atoms with Gasteiger partial charge in [-0.05, 0) is 107 Å². The number of anilines is 6. The van der Waals surface area contributed by atoms with E-state index in [1.807, 2.05) is 94.7 Å². The molecule has 0 unspecified atom stereocenters. The number of nitrogens with zero attached hydrogens (tertiary/aromatic N) is 4. The zero-order valence-electron chi connectivity index (χ0n) is 27.9. The first-order valence-electron chi connectivity index (χ1n) is 16.6. The van der Waals surface area contributed by atoms with Crippen LogP contribution in [0.1, 0.15) is 36.1 Å². The van der Waals surface area contributed by atoms with E-state index in [0.717, 1.165) is 55.8 Å². The lowest BCUT2D eigenvalue weighted by Crippen LogP contribution is -2.18. The SMILES string of the molecule is CC1(C)c2cc(N(c3ccccc3)c3ccc(C#N)c(F)c3)ccc2-c2c1cc(N(c1ccccc1)c1ccc(C#N)c(F)c1)c1ccccc21. The summed E-state index contributed by atoms with van der Waals surface area (Å²) in [5.41, 5.74) is 8.66. The molecule has 0 fully saturated rings. The second kappa shape index (κ2) is 12.3. The number of hydrogen-bond acceptors (Lipinski definition) is 4. The van der Waals surface area contributed by atoms with Crippen LogP contribution in [0.25, 0.3) is 21.9 Å². The first kappa shape index (κ1) is 31.5. The number of benzene rings is 7. The van der Waals surface area contributed by atoms with Crippen LogP contribution >= 0.6 is 0 Å². The van der Waals surface area contributed by atoms with Crippen molar-refractivity contribution in [3.05, 3.63) is 179 Å². The Morgan fingerprint density at radius 2 is 0.980 bits per heavy atom. The predicted octanol–water partition coefficient (Wildman–Crippen LogP) is 12.1. The van der Waals surface area contributed by atoms with Gasteiger partial charge in [0.1, 0.15) is 23.8 Å². The maximum Gasteiger partial charge on any atom is 0.143 e. The van der Waals surface area contributed by atoms with Gasteiger partial charge in [-0.1, -0.05) is 80.6 Å². The number of nitriles is 2. The summed E-state index contributed by atoms with van der Waals surface area (Å²) in [5.74, 6) is -1.15. The molecule has 0 bridgehead atoms. The average Bonchev–Trinajstić information content (AvgIpc) is 3.38. The van der Waals surface area contributed by atoms with Crippen molar-refractivity contribution < 1.29 is 8.78 Å². The molecule has 0 N–H and O–H groups in total. The highest BCUT2D eigenvalue weighted by molar-refractivity contribution is 6.10. The Kier molecular flexibility index (Phi) is 7.59. The van der Waals surface area contributed by atoms with Gasteiger partial charge in [0, 0.05) is 39.2 Å². The molecule has 51 heavy (non-hydrogen) atoms. The first-order chi connectivity index (χ1) is 24.8. The number of para-hydroxylation sites is 2. The molecule has 4 nitrogen and oxygen atoms in total. The topological polar surface area (TPSA) is 54.1 Å². The summed E-state index contributed by atoms with van der Waals surface area (Å²) in [6.07, 6.45) is 0. The highest BCUT2D eigenvalue weighted by Gasteiger charge is 2.38. The van der Waals surface area contributed by atoms with Crippen LogP contribution < -0.4 is 9.80 Å². The van der Waals surface area contributed by atoms with E-state index in [9.17, 15) is 10.5 Å². The molecule has 6 heteroatoms.